The molecule has 0 spiro atoms. The van der Waals surface area contributed by atoms with E-state index in [0.29, 0.717) is 24.0 Å². The summed E-state index contributed by atoms with van der Waals surface area (Å²) in [4.78, 5) is 8.17. The fourth-order valence-electron chi connectivity index (χ4n) is 2.25. The van der Waals surface area contributed by atoms with Crippen molar-refractivity contribution in [3.8, 4) is 5.88 Å². The van der Waals surface area contributed by atoms with Crippen LogP contribution in [0.5, 0.6) is 5.88 Å². The molecule has 1 aromatic rings. The van der Waals surface area contributed by atoms with Gasteiger partial charge in [0, 0.05) is 6.54 Å². The van der Waals surface area contributed by atoms with Gasteiger partial charge in [0.2, 0.25) is 5.88 Å². The zero-order valence-corrected chi connectivity index (χ0v) is 11.5. The molecule has 1 aromatic heterocycles. The van der Waals surface area contributed by atoms with Gasteiger partial charge in [0.15, 0.2) is 5.82 Å². The fraction of sp³-hybridized carbons (Fsp3) is 0.571. The summed E-state index contributed by atoms with van der Waals surface area (Å²) in [6.07, 6.45) is 9.98. The maximum atomic E-state index is 5.96. The van der Waals surface area contributed by atoms with E-state index >= 15 is 0 Å². The molecule has 0 saturated heterocycles. The summed E-state index contributed by atoms with van der Waals surface area (Å²) in [5.74, 6) is 1.12. The quantitative estimate of drug-likeness (QED) is 0.771. The Balaban J connectivity index is 1.88. The van der Waals surface area contributed by atoms with Gasteiger partial charge in [0.05, 0.1) is 6.61 Å². The van der Waals surface area contributed by atoms with Crippen molar-refractivity contribution < 1.29 is 4.74 Å². The monoisotopic (exact) mass is 262 g/mol. The number of nitrogens with two attached hydrogens (primary N) is 1. The van der Waals surface area contributed by atoms with Gasteiger partial charge in [-0.25, -0.2) is 4.98 Å². The van der Waals surface area contributed by atoms with Crippen LogP contribution in [-0.4, -0.2) is 23.1 Å². The predicted octanol–water partition coefficient (Wildman–Crippen LogP) is 2.76. The summed E-state index contributed by atoms with van der Waals surface area (Å²) in [7, 11) is 0. The van der Waals surface area contributed by atoms with Crippen molar-refractivity contribution in [1.82, 2.24) is 9.97 Å². The Bertz CT molecular complexity index is 445. The van der Waals surface area contributed by atoms with Crippen LogP contribution in [-0.2, 0) is 0 Å². The molecule has 1 heterocycles. The first-order valence-corrected chi connectivity index (χ1v) is 6.96. The predicted molar refractivity (Wildman–Crippen MR) is 77.3 cm³/mol. The van der Waals surface area contributed by atoms with Gasteiger partial charge in [-0.2, -0.15) is 4.98 Å². The number of nitrogens with one attached hydrogen (secondary N) is 1. The third kappa shape index (κ3) is 3.84. The molecule has 5 heteroatoms. The van der Waals surface area contributed by atoms with E-state index in [9.17, 15) is 0 Å². The molecule has 0 fully saturated rings. The highest BCUT2D eigenvalue weighted by molar-refractivity contribution is 5.66. The van der Waals surface area contributed by atoms with Crippen molar-refractivity contribution in [3.63, 3.8) is 0 Å². The maximum Gasteiger partial charge on any atom is 0.242 e. The molecule has 5 nitrogen and oxygen atoms in total. The van der Waals surface area contributed by atoms with Crippen molar-refractivity contribution >= 4 is 11.5 Å². The number of ether oxygens (including phenoxy) is 1. The van der Waals surface area contributed by atoms with E-state index in [-0.39, 0.29) is 0 Å². The van der Waals surface area contributed by atoms with E-state index in [1.54, 1.807) is 0 Å². The summed E-state index contributed by atoms with van der Waals surface area (Å²) in [5.41, 5.74) is 7.99. The van der Waals surface area contributed by atoms with Crippen molar-refractivity contribution in [2.75, 3.05) is 24.2 Å². The topological polar surface area (TPSA) is 73.1 Å². The lowest BCUT2D eigenvalue weighted by Gasteiger charge is -2.14. The van der Waals surface area contributed by atoms with Gasteiger partial charge in [-0.05, 0) is 39.0 Å². The first-order valence-electron chi connectivity index (χ1n) is 6.96. The highest BCUT2D eigenvalue weighted by Gasteiger charge is 2.09. The standard InChI is InChI=1S/C14H22N4O/c1-2-19-14-12(15)13(17-10-18-14)16-9-8-11-6-4-3-5-7-11/h6,10H,2-5,7-9,15H2,1H3,(H,16,17,18). The average Bonchev–Trinajstić information content (AvgIpc) is 2.44. The van der Waals surface area contributed by atoms with E-state index in [1.807, 2.05) is 6.92 Å². The summed E-state index contributed by atoms with van der Waals surface area (Å²) < 4.78 is 5.35. The van der Waals surface area contributed by atoms with Gasteiger partial charge in [-0.3, -0.25) is 0 Å². The number of rotatable bonds is 6. The molecule has 1 aliphatic rings. The zero-order chi connectivity index (χ0) is 13.5. The van der Waals surface area contributed by atoms with Crippen molar-refractivity contribution in [3.05, 3.63) is 18.0 Å². The number of aromatic nitrogens is 2. The second-order valence-corrected chi connectivity index (χ2v) is 4.66. The SMILES string of the molecule is CCOc1ncnc(NCCC2=CCCCC2)c1N. The van der Waals surface area contributed by atoms with Crippen molar-refractivity contribution in [2.24, 2.45) is 0 Å². The summed E-state index contributed by atoms with van der Waals surface area (Å²) in [6.45, 7) is 3.30. The van der Waals surface area contributed by atoms with Gasteiger partial charge in [0.1, 0.15) is 12.0 Å². The Kier molecular flexibility index (Phi) is 5.01. The van der Waals surface area contributed by atoms with E-state index in [1.165, 1.54) is 37.6 Å². The van der Waals surface area contributed by atoms with Crippen LogP contribution in [0.15, 0.2) is 18.0 Å². The zero-order valence-electron chi connectivity index (χ0n) is 11.5. The van der Waals surface area contributed by atoms with Crippen LogP contribution in [0.25, 0.3) is 0 Å². The van der Waals surface area contributed by atoms with E-state index in [0.717, 1.165) is 13.0 Å². The van der Waals surface area contributed by atoms with Gasteiger partial charge in [0.25, 0.3) is 0 Å². The molecule has 0 aliphatic heterocycles. The molecule has 2 rings (SSSR count). The lowest BCUT2D eigenvalue weighted by molar-refractivity contribution is 0.328. The van der Waals surface area contributed by atoms with Crippen LogP contribution in [0.1, 0.15) is 39.0 Å². The molecule has 1 aliphatic carbocycles. The molecule has 0 unspecified atom stereocenters. The van der Waals surface area contributed by atoms with Crippen LogP contribution in [0.3, 0.4) is 0 Å². The first-order chi connectivity index (χ1) is 9.31. The van der Waals surface area contributed by atoms with Gasteiger partial charge in [-0.1, -0.05) is 11.6 Å². The van der Waals surface area contributed by atoms with E-state index in [4.69, 9.17) is 10.5 Å². The lowest BCUT2D eigenvalue weighted by atomic mass is 9.97. The smallest absolute Gasteiger partial charge is 0.242 e. The van der Waals surface area contributed by atoms with Gasteiger partial charge < -0.3 is 15.8 Å². The normalized spacial score (nSPS) is 14.9. The number of anilines is 2. The molecule has 104 valence electrons. The number of hydrogen-bond donors (Lipinski definition) is 2. The molecule has 0 amide bonds. The second-order valence-electron chi connectivity index (χ2n) is 4.66. The number of nitrogen functional groups attached to an aromatic ring is 1. The maximum absolute atomic E-state index is 5.96. The number of nitrogens with zero attached hydrogens (tertiary/aromatic N) is 2. The number of hydrogen-bond acceptors (Lipinski definition) is 5. The van der Waals surface area contributed by atoms with Crippen molar-refractivity contribution in [1.29, 1.82) is 0 Å². The number of allylic oxidation sites excluding steroid dienone is 1. The molecule has 3 N–H and O–H groups in total. The first kappa shape index (κ1) is 13.6. The molecular formula is C14H22N4O. The minimum absolute atomic E-state index is 0.455. The molecule has 0 bridgehead atoms. The average molecular weight is 262 g/mol. The van der Waals surface area contributed by atoms with Crippen LogP contribution >= 0.6 is 0 Å². The third-order valence-electron chi connectivity index (χ3n) is 3.25. The summed E-state index contributed by atoms with van der Waals surface area (Å²) >= 11 is 0. The highest BCUT2D eigenvalue weighted by Crippen LogP contribution is 2.25. The lowest BCUT2D eigenvalue weighted by Crippen LogP contribution is -2.10. The minimum atomic E-state index is 0.455. The Hall–Kier alpha value is -1.78. The molecule has 0 atom stereocenters. The molecule has 0 radical (unpaired) electrons. The summed E-state index contributed by atoms with van der Waals surface area (Å²) in [5, 5.41) is 3.26. The fourth-order valence-corrected chi connectivity index (χ4v) is 2.25. The van der Waals surface area contributed by atoms with Crippen LogP contribution in [0, 0.1) is 0 Å². The molecule has 0 saturated carbocycles. The second kappa shape index (κ2) is 6.97. The van der Waals surface area contributed by atoms with Gasteiger partial charge >= 0.3 is 0 Å². The van der Waals surface area contributed by atoms with Crippen LogP contribution in [0.2, 0.25) is 0 Å². The minimum Gasteiger partial charge on any atom is -0.476 e. The highest BCUT2D eigenvalue weighted by atomic mass is 16.5. The van der Waals surface area contributed by atoms with Crippen molar-refractivity contribution in [2.45, 2.75) is 39.0 Å². The van der Waals surface area contributed by atoms with E-state index in [2.05, 4.69) is 21.4 Å². The Morgan fingerprint density at radius 3 is 3.00 bits per heavy atom. The summed E-state index contributed by atoms with van der Waals surface area (Å²) in [6, 6.07) is 0. The van der Waals surface area contributed by atoms with Crippen LogP contribution < -0.4 is 15.8 Å². The molecular weight excluding hydrogens is 240 g/mol. The molecule has 19 heavy (non-hydrogen) atoms. The third-order valence-corrected chi connectivity index (χ3v) is 3.25. The Morgan fingerprint density at radius 2 is 2.26 bits per heavy atom. The van der Waals surface area contributed by atoms with E-state index < -0.39 is 0 Å². The van der Waals surface area contributed by atoms with Crippen LogP contribution in [0.4, 0.5) is 11.5 Å². The largest absolute Gasteiger partial charge is 0.476 e. The Morgan fingerprint density at radius 1 is 1.37 bits per heavy atom. The Labute approximate surface area is 114 Å². The van der Waals surface area contributed by atoms with Gasteiger partial charge in [-0.15, -0.1) is 0 Å². The molecule has 0 aromatic carbocycles.